The summed E-state index contributed by atoms with van der Waals surface area (Å²) < 4.78 is 5.32. The van der Waals surface area contributed by atoms with Crippen LogP contribution in [0.4, 0.5) is 4.79 Å². The maximum Gasteiger partial charge on any atom is 0.410 e. The number of nitrogens with one attached hydrogen (secondary N) is 1. The van der Waals surface area contributed by atoms with Gasteiger partial charge in [0.15, 0.2) is 0 Å². The summed E-state index contributed by atoms with van der Waals surface area (Å²) in [6.07, 6.45) is 0.444. The monoisotopic (exact) mass is 296 g/mol. The molecule has 1 aromatic heterocycles. The number of ether oxygens (including phenoxy) is 1. The third-order valence-electron chi connectivity index (χ3n) is 2.96. The van der Waals surface area contributed by atoms with E-state index in [1.165, 1.54) is 11.3 Å². The first-order valence-corrected chi connectivity index (χ1v) is 7.60. The predicted octanol–water partition coefficient (Wildman–Crippen LogP) is 2.49. The van der Waals surface area contributed by atoms with Crippen molar-refractivity contribution < 1.29 is 14.3 Å². The van der Waals surface area contributed by atoms with Crippen LogP contribution in [0.1, 0.15) is 37.6 Å². The fraction of sp³-hybridized carbons (Fsp3) is 0.571. The highest BCUT2D eigenvalue weighted by molar-refractivity contribution is 7.08. The van der Waals surface area contributed by atoms with Crippen LogP contribution in [0.25, 0.3) is 0 Å². The third-order valence-corrected chi connectivity index (χ3v) is 3.64. The lowest BCUT2D eigenvalue weighted by Gasteiger charge is -2.24. The second-order valence-corrected chi connectivity index (χ2v) is 6.68. The molecule has 1 atom stereocenters. The maximum absolute atomic E-state index is 11.9. The number of hydrogen-bond donors (Lipinski definition) is 1. The molecule has 1 N–H and O–H groups in total. The molecule has 0 spiro atoms. The highest BCUT2D eigenvalue weighted by Crippen LogP contribution is 2.16. The Bertz CT molecular complexity index is 479. The fourth-order valence-corrected chi connectivity index (χ4v) is 2.67. The second kappa shape index (κ2) is 5.83. The minimum Gasteiger partial charge on any atom is -0.444 e. The van der Waals surface area contributed by atoms with Crippen molar-refractivity contribution >= 4 is 23.3 Å². The molecule has 1 aliphatic rings. The second-order valence-electron chi connectivity index (χ2n) is 5.90. The molecule has 1 unspecified atom stereocenters. The van der Waals surface area contributed by atoms with E-state index in [1.54, 1.807) is 11.0 Å². The molecule has 1 aliphatic heterocycles. The molecule has 2 amide bonds. The summed E-state index contributed by atoms with van der Waals surface area (Å²) >= 11 is 1.49. The SMILES string of the molecule is CC(C)(C)OC(=O)N1CCC(NC(=O)c2ccsc2)C1. The van der Waals surface area contributed by atoms with Crippen molar-refractivity contribution in [2.24, 2.45) is 0 Å². The van der Waals surface area contributed by atoms with Gasteiger partial charge in [0.05, 0.1) is 0 Å². The van der Waals surface area contributed by atoms with Crippen molar-refractivity contribution in [1.82, 2.24) is 10.2 Å². The molecule has 5 nitrogen and oxygen atoms in total. The molecule has 2 rings (SSSR count). The van der Waals surface area contributed by atoms with E-state index in [9.17, 15) is 9.59 Å². The number of carbonyl (C=O) groups is 2. The summed E-state index contributed by atoms with van der Waals surface area (Å²) in [6, 6.07) is 1.79. The van der Waals surface area contributed by atoms with Gasteiger partial charge in [-0.3, -0.25) is 4.79 Å². The van der Waals surface area contributed by atoms with E-state index in [-0.39, 0.29) is 18.0 Å². The van der Waals surface area contributed by atoms with Crippen LogP contribution in [0.3, 0.4) is 0 Å². The van der Waals surface area contributed by atoms with Gasteiger partial charge in [0, 0.05) is 30.1 Å². The van der Waals surface area contributed by atoms with Gasteiger partial charge >= 0.3 is 6.09 Å². The zero-order chi connectivity index (χ0) is 14.8. The molecular formula is C14H20N2O3S. The van der Waals surface area contributed by atoms with Crippen molar-refractivity contribution in [2.45, 2.75) is 38.8 Å². The zero-order valence-electron chi connectivity index (χ0n) is 12.0. The number of nitrogens with zero attached hydrogens (tertiary/aromatic N) is 1. The van der Waals surface area contributed by atoms with Crippen LogP contribution in [0, 0.1) is 0 Å². The minimum absolute atomic E-state index is 0.00471. The molecule has 20 heavy (non-hydrogen) atoms. The Kier molecular flexibility index (Phi) is 4.32. The standard InChI is InChI=1S/C14H20N2O3S/c1-14(2,3)19-13(18)16-6-4-11(8-16)15-12(17)10-5-7-20-9-10/h5,7,9,11H,4,6,8H2,1-3H3,(H,15,17). The molecule has 0 aliphatic carbocycles. The quantitative estimate of drug-likeness (QED) is 0.912. The van der Waals surface area contributed by atoms with Crippen molar-refractivity contribution in [2.75, 3.05) is 13.1 Å². The highest BCUT2D eigenvalue weighted by Gasteiger charge is 2.30. The van der Waals surface area contributed by atoms with Gasteiger partial charge in [0.1, 0.15) is 5.60 Å². The van der Waals surface area contributed by atoms with E-state index in [2.05, 4.69) is 5.32 Å². The van der Waals surface area contributed by atoms with Crippen LogP contribution in [0.15, 0.2) is 16.8 Å². The molecule has 6 heteroatoms. The first-order chi connectivity index (χ1) is 9.35. The minimum atomic E-state index is -0.491. The number of hydrogen-bond acceptors (Lipinski definition) is 4. The van der Waals surface area contributed by atoms with E-state index in [0.29, 0.717) is 18.7 Å². The first-order valence-electron chi connectivity index (χ1n) is 6.66. The van der Waals surface area contributed by atoms with Crippen molar-refractivity contribution in [3.63, 3.8) is 0 Å². The van der Waals surface area contributed by atoms with E-state index < -0.39 is 5.60 Å². The maximum atomic E-state index is 11.9. The zero-order valence-corrected chi connectivity index (χ0v) is 12.8. The topological polar surface area (TPSA) is 58.6 Å². The number of amides is 2. The van der Waals surface area contributed by atoms with Crippen LogP contribution < -0.4 is 5.32 Å². The van der Waals surface area contributed by atoms with Crippen LogP contribution in [-0.2, 0) is 4.74 Å². The average Bonchev–Trinajstić information content (AvgIpc) is 2.97. The van der Waals surface area contributed by atoms with Crippen LogP contribution >= 0.6 is 11.3 Å². The lowest BCUT2D eigenvalue weighted by Crippen LogP contribution is -2.40. The van der Waals surface area contributed by atoms with Gasteiger partial charge in [-0.05, 0) is 38.6 Å². The summed E-state index contributed by atoms with van der Waals surface area (Å²) in [5.41, 5.74) is 0.181. The summed E-state index contributed by atoms with van der Waals surface area (Å²) in [6.45, 7) is 6.65. The molecule has 110 valence electrons. The average molecular weight is 296 g/mol. The Hall–Kier alpha value is -1.56. The Labute approximate surface area is 122 Å². The van der Waals surface area contributed by atoms with Gasteiger partial charge < -0.3 is 15.0 Å². The summed E-state index contributed by atoms with van der Waals surface area (Å²) in [5.74, 6) is -0.0812. The number of rotatable bonds is 2. The third kappa shape index (κ3) is 3.96. The van der Waals surface area contributed by atoms with E-state index >= 15 is 0 Å². The van der Waals surface area contributed by atoms with Gasteiger partial charge in [-0.15, -0.1) is 0 Å². The lowest BCUT2D eigenvalue weighted by molar-refractivity contribution is 0.0290. The summed E-state index contributed by atoms with van der Waals surface area (Å²) in [7, 11) is 0. The van der Waals surface area contributed by atoms with Crippen molar-refractivity contribution in [1.29, 1.82) is 0 Å². The predicted molar refractivity (Wildman–Crippen MR) is 78.0 cm³/mol. The largest absolute Gasteiger partial charge is 0.444 e. The number of likely N-dealkylation sites (tertiary alicyclic amines) is 1. The fourth-order valence-electron chi connectivity index (χ4n) is 2.03. The van der Waals surface area contributed by atoms with E-state index in [4.69, 9.17) is 4.74 Å². The molecule has 1 saturated heterocycles. The van der Waals surface area contributed by atoms with E-state index in [0.717, 1.165) is 6.42 Å². The van der Waals surface area contributed by atoms with Gasteiger partial charge in [0.2, 0.25) is 0 Å². The van der Waals surface area contributed by atoms with Gasteiger partial charge in [-0.25, -0.2) is 4.79 Å². The summed E-state index contributed by atoms with van der Waals surface area (Å²) in [4.78, 5) is 25.5. The molecular weight excluding hydrogens is 276 g/mol. The molecule has 0 saturated carbocycles. The molecule has 0 bridgehead atoms. The molecule has 1 fully saturated rings. The Morgan fingerprint density at radius 3 is 2.80 bits per heavy atom. The van der Waals surface area contributed by atoms with Crippen LogP contribution in [0.2, 0.25) is 0 Å². The molecule has 0 aromatic carbocycles. The Morgan fingerprint density at radius 2 is 2.20 bits per heavy atom. The first kappa shape index (κ1) is 14.8. The lowest BCUT2D eigenvalue weighted by atomic mass is 10.2. The summed E-state index contributed by atoms with van der Waals surface area (Å²) in [5, 5.41) is 6.63. The normalized spacial score (nSPS) is 18.9. The molecule has 2 heterocycles. The van der Waals surface area contributed by atoms with E-state index in [1.807, 2.05) is 31.5 Å². The smallest absolute Gasteiger partial charge is 0.410 e. The number of thiophene rings is 1. The Morgan fingerprint density at radius 1 is 1.45 bits per heavy atom. The van der Waals surface area contributed by atoms with Crippen LogP contribution in [-0.4, -0.2) is 41.6 Å². The van der Waals surface area contributed by atoms with Crippen LogP contribution in [0.5, 0.6) is 0 Å². The van der Waals surface area contributed by atoms with Gasteiger partial charge in [0.25, 0.3) is 5.91 Å². The Balaban J connectivity index is 1.83. The van der Waals surface area contributed by atoms with Gasteiger partial charge in [-0.1, -0.05) is 0 Å². The van der Waals surface area contributed by atoms with Gasteiger partial charge in [-0.2, -0.15) is 11.3 Å². The van der Waals surface area contributed by atoms with Crippen molar-refractivity contribution in [3.05, 3.63) is 22.4 Å². The molecule has 1 aromatic rings. The van der Waals surface area contributed by atoms with Crippen molar-refractivity contribution in [3.8, 4) is 0 Å². The highest BCUT2D eigenvalue weighted by atomic mass is 32.1. The molecule has 0 radical (unpaired) electrons. The number of carbonyl (C=O) groups excluding carboxylic acids is 2.